The molecule has 1 heterocycles. The summed E-state index contributed by atoms with van der Waals surface area (Å²) in [6.45, 7) is 1.67. The van der Waals surface area contributed by atoms with Crippen LogP contribution >= 0.6 is 0 Å². The predicted octanol–water partition coefficient (Wildman–Crippen LogP) is 1.08. The molecule has 0 bridgehead atoms. The molecule has 4 N–H and O–H groups in total. The lowest BCUT2D eigenvalue weighted by Gasteiger charge is -2.34. The number of hydrogen-bond donors (Lipinski definition) is 3. The summed E-state index contributed by atoms with van der Waals surface area (Å²) in [5.41, 5.74) is 4.92. The first-order valence-corrected chi connectivity index (χ1v) is 8.01. The minimum Gasteiger partial charge on any atom is -0.409 e. The van der Waals surface area contributed by atoms with Crippen molar-refractivity contribution in [3.8, 4) is 0 Å². The number of oxime groups is 1. The molecule has 0 aromatic carbocycles. The van der Waals surface area contributed by atoms with Gasteiger partial charge in [-0.25, -0.2) is 0 Å². The van der Waals surface area contributed by atoms with Gasteiger partial charge >= 0.3 is 0 Å². The lowest BCUT2D eigenvalue weighted by molar-refractivity contribution is -0.131. The van der Waals surface area contributed by atoms with Crippen molar-refractivity contribution in [2.24, 2.45) is 34.1 Å². The lowest BCUT2D eigenvalue weighted by Crippen LogP contribution is -2.53. The first-order chi connectivity index (χ1) is 10.2. The molecule has 6 heteroatoms. The van der Waals surface area contributed by atoms with Gasteiger partial charge in [0.15, 0.2) is 5.84 Å². The van der Waals surface area contributed by atoms with Crippen LogP contribution in [0.2, 0.25) is 0 Å². The fraction of sp³-hybridized carbons (Fsp3) is 0.867. The maximum absolute atomic E-state index is 12.7. The molecule has 3 fully saturated rings. The first kappa shape index (κ1) is 14.6. The summed E-state index contributed by atoms with van der Waals surface area (Å²) >= 11 is 0. The second kappa shape index (κ2) is 5.83. The van der Waals surface area contributed by atoms with Crippen molar-refractivity contribution < 1.29 is 14.7 Å². The first-order valence-electron chi connectivity index (χ1n) is 8.01. The Morgan fingerprint density at radius 3 is 2.33 bits per heavy atom. The summed E-state index contributed by atoms with van der Waals surface area (Å²) in [7, 11) is 0. The van der Waals surface area contributed by atoms with Crippen LogP contribution in [0.4, 0.5) is 0 Å². The highest BCUT2D eigenvalue weighted by atomic mass is 16.5. The van der Waals surface area contributed by atoms with Gasteiger partial charge in [0, 0.05) is 19.8 Å². The topological polar surface area (TPSA) is 96.9 Å². The van der Waals surface area contributed by atoms with Crippen LogP contribution in [0.3, 0.4) is 0 Å². The zero-order chi connectivity index (χ0) is 14.9. The number of rotatable bonds is 6. The van der Waals surface area contributed by atoms with Gasteiger partial charge in [0.2, 0.25) is 5.91 Å². The van der Waals surface area contributed by atoms with Crippen LogP contribution in [0.15, 0.2) is 5.16 Å². The third kappa shape index (κ3) is 3.00. The van der Waals surface area contributed by atoms with Crippen molar-refractivity contribution >= 4 is 11.7 Å². The smallest absolute Gasteiger partial charge is 0.234 e. The fourth-order valence-electron chi connectivity index (χ4n) is 3.56. The number of nitrogens with one attached hydrogen (secondary N) is 1. The molecular weight excluding hydrogens is 270 g/mol. The normalized spacial score (nSPS) is 25.9. The number of amidine groups is 1. The van der Waals surface area contributed by atoms with Crippen molar-refractivity contribution in [2.45, 2.75) is 38.5 Å². The van der Waals surface area contributed by atoms with Crippen molar-refractivity contribution in [3.05, 3.63) is 0 Å². The van der Waals surface area contributed by atoms with Crippen LogP contribution in [0.1, 0.15) is 38.5 Å². The quantitative estimate of drug-likeness (QED) is 0.296. The molecule has 0 radical (unpaired) electrons. The van der Waals surface area contributed by atoms with Crippen LogP contribution in [0.5, 0.6) is 0 Å². The lowest BCUT2D eigenvalue weighted by atomic mass is 9.78. The van der Waals surface area contributed by atoms with Crippen LogP contribution < -0.4 is 11.1 Å². The summed E-state index contributed by atoms with van der Waals surface area (Å²) in [4.78, 5) is 12.7. The summed E-state index contributed by atoms with van der Waals surface area (Å²) in [6.07, 6.45) is 6.16. The van der Waals surface area contributed by atoms with E-state index in [-0.39, 0.29) is 11.7 Å². The summed E-state index contributed by atoms with van der Waals surface area (Å²) in [5, 5.41) is 15.2. The largest absolute Gasteiger partial charge is 0.409 e. The molecule has 2 saturated carbocycles. The number of nitrogens with zero attached hydrogens (tertiary/aromatic N) is 1. The van der Waals surface area contributed by atoms with E-state index in [1.807, 2.05) is 0 Å². The van der Waals surface area contributed by atoms with Crippen LogP contribution in [-0.4, -0.2) is 36.7 Å². The molecule has 0 spiro atoms. The molecule has 0 aromatic heterocycles. The SMILES string of the molecule is NC(=NO)C1(C(=O)NCC(C2CC2)C2CC2)CCOCC1. The summed E-state index contributed by atoms with van der Waals surface area (Å²) in [6, 6.07) is 0. The zero-order valence-corrected chi connectivity index (χ0v) is 12.4. The molecule has 3 rings (SSSR count). The van der Waals surface area contributed by atoms with Gasteiger partial charge in [0.25, 0.3) is 0 Å². The monoisotopic (exact) mass is 295 g/mol. The average Bonchev–Trinajstić information content (AvgIpc) is 3.39. The third-order valence-electron chi connectivity index (χ3n) is 5.33. The number of hydrogen-bond acceptors (Lipinski definition) is 4. The number of nitrogens with two attached hydrogens (primary N) is 1. The van der Waals surface area contributed by atoms with Gasteiger partial charge in [0.05, 0.1) is 0 Å². The molecule has 0 atom stereocenters. The van der Waals surface area contributed by atoms with Crippen molar-refractivity contribution in [2.75, 3.05) is 19.8 Å². The van der Waals surface area contributed by atoms with E-state index in [9.17, 15) is 4.79 Å². The summed E-state index contributed by atoms with van der Waals surface area (Å²) < 4.78 is 5.32. The Balaban J connectivity index is 1.63. The Labute approximate surface area is 125 Å². The van der Waals surface area contributed by atoms with Gasteiger partial charge in [-0.3, -0.25) is 4.79 Å². The standard InChI is InChI=1S/C15H25N3O3/c16-13(18-20)15(5-7-21-8-6-15)14(19)17-9-12(10-1-2-10)11-3-4-11/h10-12,20H,1-9H2,(H2,16,18)(H,17,19). The third-order valence-corrected chi connectivity index (χ3v) is 5.33. The number of carbonyl (C=O) groups is 1. The Bertz CT molecular complexity index is 412. The highest BCUT2D eigenvalue weighted by Crippen LogP contribution is 2.49. The molecule has 118 valence electrons. The molecular formula is C15H25N3O3. The molecule has 0 aromatic rings. The second-order valence-electron chi connectivity index (χ2n) is 6.73. The van der Waals surface area contributed by atoms with E-state index < -0.39 is 5.41 Å². The van der Waals surface area contributed by atoms with Gasteiger partial charge < -0.3 is 21.0 Å². The number of amides is 1. The van der Waals surface area contributed by atoms with E-state index in [4.69, 9.17) is 15.7 Å². The van der Waals surface area contributed by atoms with Crippen molar-refractivity contribution in [1.29, 1.82) is 0 Å². The number of carbonyl (C=O) groups excluding carboxylic acids is 1. The molecule has 3 aliphatic rings. The molecule has 1 saturated heterocycles. The molecule has 1 aliphatic heterocycles. The zero-order valence-electron chi connectivity index (χ0n) is 12.4. The molecule has 2 aliphatic carbocycles. The highest BCUT2D eigenvalue weighted by Gasteiger charge is 2.46. The van der Waals surface area contributed by atoms with Crippen LogP contribution in [-0.2, 0) is 9.53 Å². The van der Waals surface area contributed by atoms with Gasteiger partial charge in [0.1, 0.15) is 5.41 Å². The van der Waals surface area contributed by atoms with E-state index in [2.05, 4.69) is 10.5 Å². The predicted molar refractivity (Wildman–Crippen MR) is 77.8 cm³/mol. The van der Waals surface area contributed by atoms with Crippen LogP contribution in [0.25, 0.3) is 0 Å². The minimum absolute atomic E-state index is 0.0118. The Hall–Kier alpha value is -1.30. The molecule has 1 amide bonds. The maximum Gasteiger partial charge on any atom is 0.234 e. The van der Waals surface area contributed by atoms with Gasteiger partial charge in [-0.2, -0.15) is 0 Å². The van der Waals surface area contributed by atoms with E-state index in [0.29, 0.717) is 32.0 Å². The Morgan fingerprint density at radius 1 is 1.29 bits per heavy atom. The minimum atomic E-state index is -0.898. The Kier molecular flexibility index (Phi) is 4.06. The highest BCUT2D eigenvalue weighted by molar-refractivity contribution is 6.06. The fourth-order valence-corrected chi connectivity index (χ4v) is 3.56. The van der Waals surface area contributed by atoms with Crippen LogP contribution in [0, 0.1) is 23.2 Å². The summed E-state index contributed by atoms with van der Waals surface area (Å²) in [5.74, 6) is 2.13. The molecule has 21 heavy (non-hydrogen) atoms. The Morgan fingerprint density at radius 2 is 1.86 bits per heavy atom. The van der Waals surface area contributed by atoms with Gasteiger partial charge in [-0.1, -0.05) is 5.16 Å². The number of ether oxygens (including phenoxy) is 1. The van der Waals surface area contributed by atoms with E-state index >= 15 is 0 Å². The van der Waals surface area contributed by atoms with E-state index in [1.165, 1.54) is 25.7 Å². The molecule has 6 nitrogen and oxygen atoms in total. The van der Waals surface area contributed by atoms with E-state index in [1.54, 1.807) is 0 Å². The van der Waals surface area contributed by atoms with Gasteiger partial charge in [-0.05, 0) is 56.3 Å². The maximum atomic E-state index is 12.7. The average molecular weight is 295 g/mol. The van der Waals surface area contributed by atoms with Crippen molar-refractivity contribution in [3.63, 3.8) is 0 Å². The van der Waals surface area contributed by atoms with E-state index in [0.717, 1.165) is 18.4 Å². The van der Waals surface area contributed by atoms with Crippen molar-refractivity contribution in [1.82, 2.24) is 5.32 Å². The second-order valence-corrected chi connectivity index (χ2v) is 6.73. The molecule has 0 unspecified atom stereocenters. The van der Waals surface area contributed by atoms with Gasteiger partial charge in [-0.15, -0.1) is 0 Å².